The molecule has 0 aliphatic carbocycles. The normalized spacial score (nSPS) is 18.5. The first-order valence-electron chi connectivity index (χ1n) is 9.36. The van der Waals surface area contributed by atoms with Crippen LogP contribution in [0.25, 0.3) is 11.0 Å². The van der Waals surface area contributed by atoms with Crippen LogP contribution in [-0.4, -0.2) is 16.7 Å². The van der Waals surface area contributed by atoms with E-state index in [1.165, 1.54) is 17.7 Å². The SMILES string of the molecule is COc1ccc([C@@H]2C[C@H](c3ccc(F)cc3)Nc3nc4ccccc4n32)cc1. The zero-order valence-electron chi connectivity index (χ0n) is 15.5. The summed E-state index contributed by atoms with van der Waals surface area (Å²) in [6.45, 7) is 0. The summed E-state index contributed by atoms with van der Waals surface area (Å²) in [7, 11) is 1.67. The highest BCUT2D eigenvalue weighted by Gasteiger charge is 2.30. The molecule has 2 heterocycles. The van der Waals surface area contributed by atoms with Crippen molar-refractivity contribution in [2.75, 3.05) is 12.4 Å². The number of anilines is 1. The second-order valence-electron chi connectivity index (χ2n) is 7.07. The number of nitrogens with zero attached hydrogens (tertiary/aromatic N) is 2. The molecule has 0 radical (unpaired) electrons. The first-order chi connectivity index (χ1) is 13.7. The number of methoxy groups -OCH3 is 1. The summed E-state index contributed by atoms with van der Waals surface area (Å²) in [5.74, 6) is 1.45. The van der Waals surface area contributed by atoms with Gasteiger partial charge >= 0.3 is 0 Å². The fourth-order valence-corrected chi connectivity index (χ4v) is 4.03. The average molecular weight is 373 g/mol. The summed E-state index contributed by atoms with van der Waals surface area (Å²) in [6.07, 6.45) is 0.839. The third kappa shape index (κ3) is 2.80. The molecule has 0 unspecified atom stereocenters. The quantitative estimate of drug-likeness (QED) is 0.527. The number of nitrogens with one attached hydrogen (secondary N) is 1. The molecule has 1 aliphatic heterocycles. The lowest BCUT2D eigenvalue weighted by Crippen LogP contribution is -2.27. The number of imidazole rings is 1. The Labute approximate surface area is 162 Å². The summed E-state index contributed by atoms with van der Waals surface area (Å²) in [6, 6.07) is 23.2. The minimum Gasteiger partial charge on any atom is -0.497 e. The van der Waals surface area contributed by atoms with Gasteiger partial charge in [-0.05, 0) is 53.9 Å². The first kappa shape index (κ1) is 16.8. The molecule has 5 heteroatoms. The van der Waals surface area contributed by atoms with Gasteiger partial charge in [0, 0.05) is 0 Å². The molecule has 0 bridgehead atoms. The second kappa shape index (κ2) is 6.68. The van der Waals surface area contributed by atoms with Gasteiger partial charge < -0.3 is 14.6 Å². The van der Waals surface area contributed by atoms with E-state index in [0.717, 1.165) is 34.7 Å². The topological polar surface area (TPSA) is 39.1 Å². The Hall–Kier alpha value is -3.34. The third-order valence-electron chi connectivity index (χ3n) is 5.44. The molecule has 0 fully saturated rings. The molecular formula is C23H20FN3O. The van der Waals surface area contributed by atoms with Crippen molar-refractivity contribution >= 4 is 17.0 Å². The molecule has 2 atom stereocenters. The van der Waals surface area contributed by atoms with Gasteiger partial charge in [0.2, 0.25) is 5.95 Å². The monoisotopic (exact) mass is 373 g/mol. The first-order valence-corrected chi connectivity index (χ1v) is 9.36. The van der Waals surface area contributed by atoms with Gasteiger partial charge in [0.25, 0.3) is 0 Å². The van der Waals surface area contributed by atoms with Crippen LogP contribution in [-0.2, 0) is 0 Å². The molecule has 28 heavy (non-hydrogen) atoms. The summed E-state index contributed by atoms with van der Waals surface area (Å²) >= 11 is 0. The predicted molar refractivity (Wildman–Crippen MR) is 108 cm³/mol. The molecule has 140 valence electrons. The molecule has 4 aromatic rings. The summed E-state index contributed by atoms with van der Waals surface area (Å²) in [5, 5.41) is 3.55. The number of fused-ring (bicyclic) bond motifs is 3. The molecular weight excluding hydrogens is 353 g/mol. The Kier molecular flexibility index (Phi) is 4.01. The molecule has 0 saturated carbocycles. The minimum atomic E-state index is -0.224. The van der Waals surface area contributed by atoms with Gasteiger partial charge in [0.1, 0.15) is 11.6 Å². The predicted octanol–water partition coefficient (Wildman–Crippen LogP) is 5.33. The number of rotatable bonds is 3. The number of benzene rings is 3. The largest absolute Gasteiger partial charge is 0.497 e. The van der Waals surface area contributed by atoms with Crippen LogP contribution in [0.2, 0.25) is 0 Å². The van der Waals surface area contributed by atoms with Crippen LogP contribution in [0.3, 0.4) is 0 Å². The Bertz CT molecular complexity index is 1120. The van der Waals surface area contributed by atoms with E-state index >= 15 is 0 Å². The molecule has 3 aromatic carbocycles. The van der Waals surface area contributed by atoms with Crippen LogP contribution in [0.4, 0.5) is 10.3 Å². The number of para-hydroxylation sites is 2. The van der Waals surface area contributed by atoms with Crippen molar-refractivity contribution < 1.29 is 9.13 Å². The van der Waals surface area contributed by atoms with E-state index in [1.807, 2.05) is 42.5 Å². The Balaban J connectivity index is 1.63. The molecule has 5 rings (SSSR count). The molecule has 0 spiro atoms. The van der Waals surface area contributed by atoms with Crippen molar-refractivity contribution in [1.29, 1.82) is 0 Å². The number of aromatic nitrogens is 2. The highest BCUT2D eigenvalue weighted by molar-refractivity contribution is 5.79. The molecule has 4 nitrogen and oxygen atoms in total. The van der Waals surface area contributed by atoms with Gasteiger partial charge in [-0.3, -0.25) is 0 Å². The van der Waals surface area contributed by atoms with Crippen molar-refractivity contribution in [2.45, 2.75) is 18.5 Å². The van der Waals surface area contributed by atoms with Gasteiger partial charge in [-0.1, -0.05) is 36.4 Å². The maximum Gasteiger partial charge on any atom is 0.204 e. The van der Waals surface area contributed by atoms with Crippen molar-refractivity contribution in [3.63, 3.8) is 0 Å². The van der Waals surface area contributed by atoms with Gasteiger partial charge in [-0.2, -0.15) is 0 Å². The maximum atomic E-state index is 13.4. The van der Waals surface area contributed by atoms with Crippen LogP contribution in [0.5, 0.6) is 5.75 Å². The number of halogens is 1. The Morgan fingerprint density at radius 1 is 0.964 bits per heavy atom. The van der Waals surface area contributed by atoms with Crippen molar-refractivity contribution in [1.82, 2.24) is 9.55 Å². The highest BCUT2D eigenvalue weighted by atomic mass is 19.1. The van der Waals surface area contributed by atoms with E-state index < -0.39 is 0 Å². The summed E-state index contributed by atoms with van der Waals surface area (Å²) < 4.78 is 21.0. The lowest BCUT2D eigenvalue weighted by atomic mass is 9.93. The van der Waals surface area contributed by atoms with Crippen molar-refractivity contribution in [3.05, 3.63) is 89.7 Å². The molecule has 0 saturated heterocycles. The van der Waals surface area contributed by atoms with E-state index in [-0.39, 0.29) is 17.9 Å². The average Bonchev–Trinajstić information content (AvgIpc) is 3.12. The Morgan fingerprint density at radius 3 is 2.43 bits per heavy atom. The molecule has 1 N–H and O–H groups in total. The van der Waals surface area contributed by atoms with Gasteiger partial charge in [-0.15, -0.1) is 0 Å². The van der Waals surface area contributed by atoms with Crippen LogP contribution < -0.4 is 10.1 Å². The van der Waals surface area contributed by atoms with Crippen molar-refractivity contribution in [2.24, 2.45) is 0 Å². The molecule has 1 aliphatic rings. The van der Waals surface area contributed by atoms with Gasteiger partial charge in [-0.25, -0.2) is 9.37 Å². The number of hydrogen-bond donors (Lipinski definition) is 1. The number of ether oxygens (including phenoxy) is 1. The summed E-state index contributed by atoms with van der Waals surface area (Å²) in [4.78, 5) is 4.81. The van der Waals surface area contributed by atoms with Crippen molar-refractivity contribution in [3.8, 4) is 5.75 Å². The Morgan fingerprint density at radius 2 is 1.68 bits per heavy atom. The van der Waals surface area contributed by atoms with Gasteiger partial charge in [0.15, 0.2) is 0 Å². The van der Waals surface area contributed by atoms with Gasteiger partial charge in [0.05, 0.1) is 30.2 Å². The van der Waals surface area contributed by atoms with E-state index in [0.29, 0.717) is 0 Å². The lowest BCUT2D eigenvalue weighted by Gasteiger charge is -2.33. The molecule has 1 aromatic heterocycles. The van der Waals surface area contributed by atoms with Crippen LogP contribution >= 0.6 is 0 Å². The van der Waals surface area contributed by atoms with Crippen LogP contribution in [0, 0.1) is 5.82 Å². The fraction of sp³-hybridized carbons (Fsp3) is 0.174. The van der Waals surface area contributed by atoms with Crippen LogP contribution in [0.1, 0.15) is 29.6 Å². The maximum absolute atomic E-state index is 13.4. The number of hydrogen-bond acceptors (Lipinski definition) is 3. The molecule has 0 amide bonds. The fourth-order valence-electron chi connectivity index (χ4n) is 4.03. The smallest absolute Gasteiger partial charge is 0.204 e. The van der Waals surface area contributed by atoms with E-state index in [2.05, 4.69) is 28.1 Å². The highest BCUT2D eigenvalue weighted by Crippen LogP contribution is 2.41. The van der Waals surface area contributed by atoms with E-state index in [9.17, 15) is 4.39 Å². The van der Waals surface area contributed by atoms with E-state index in [4.69, 9.17) is 9.72 Å². The lowest BCUT2D eigenvalue weighted by molar-refractivity contribution is 0.414. The third-order valence-corrected chi connectivity index (χ3v) is 5.44. The van der Waals surface area contributed by atoms with E-state index in [1.54, 1.807) is 7.11 Å². The zero-order chi connectivity index (χ0) is 19.1. The van der Waals surface area contributed by atoms with Crippen LogP contribution in [0.15, 0.2) is 72.8 Å². The second-order valence-corrected chi connectivity index (χ2v) is 7.07. The summed E-state index contributed by atoms with van der Waals surface area (Å²) in [5.41, 5.74) is 4.31. The minimum absolute atomic E-state index is 0.0528. The standard InChI is InChI=1S/C23H20FN3O/c1-28-18-12-8-16(9-13-18)22-14-20(15-6-10-17(24)11-7-15)26-23-25-19-4-2-3-5-21(19)27(22)23/h2-13,20,22H,14H2,1H3,(H,25,26)/t20-,22+/m1/s1. The zero-order valence-corrected chi connectivity index (χ0v) is 15.5.